The van der Waals surface area contributed by atoms with E-state index in [1.807, 2.05) is 84.0 Å². The van der Waals surface area contributed by atoms with Crippen molar-refractivity contribution in [2.75, 3.05) is 13.1 Å². The third-order valence-electron chi connectivity index (χ3n) is 7.52. The number of aromatic nitrogens is 2. The number of carboxylic acids is 1. The summed E-state index contributed by atoms with van der Waals surface area (Å²) in [5, 5.41) is 38.0. The summed E-state index contributed by atoms with van der Waals surface area (Å²) >= 11 is 3.17. The molecule has 0 aliphatic heterocycles. The quantitative estimate of drug-likeness (QED) is 0.0536. The van der Waals surface area contributed by atoms with Crippen LogP contribution in [0.4, 0.5) is 4.79 Å². The van der Waals surface area contributed by atoms with Crippen molar-refractivity contribution in [1.29, 1.82) is 0 Å². The summed E-state index contributed by atoms with van der Waals surface area (Å²) in [6.45, 7) is 12.5. The van der Waals surface area contributed by atoms with Gasteiger partial charge in [-0.1, -0.05) is 12.8 Å². The van der Waals surface area contributed by atoms with Crippen LogP contribution in [0.25, 0.3) is 0 Å². The van der Waals surface area contributed by atoms with E-state index in [-0.39, 0.29) is 46.2 Å². The Kier molecular flexibility index (Phi) is 25.6. The summed E-state index contributed by atoms with van der Waals surface area (Å²) in [5.74, 6) is -0.933. The van der Waals surface area contributed by atoms with Gasteiger partial charge in [0, 0.05) is 12.8 Å². The molecular weight excluding hydrogens is 846 g/mol. The minimum atomic E-state index is -0.757. The number of rotatable bonds is 20. The van der Waals surface area contributed by atoms with Crippen molar-refractivity contribution in [3.63, 3.8) is 0 Å². The van der Waals surface area contributed by atoms with E-state index in [4.69, 9.17) is 25.4 Å². The van der Waals surface area contributed by atoms with Crippen LogP contribution in [0.1, 0.15) is 131 Å². The van der Waals surface area contributed by atoms with Gasteiger partial charge in [-0.3, -0.25) is 9.59 Å². The molecule has 3 rings (SSSR count). The second kappa shape index (κ2) is 28.2. The fourth-order valence-electron chi connectivity index (χ4n) is 4.99. The first-order chi connectivity index (χ1) is 26.4. The number of benzene rings is 2. The van der Waals surface area contributed by atoms with Gasteiger partial charge in [-0.15, -0.1) is 0 Å². The molecule has 0 aliphatic rings. The summed E-state index contributed by atoms with van der Waals surface area (Å²) in [4.78, 5) is 33.1. The van der Waals surface area contributed by atoms with Crippen LogP contribution < -0.4 is 11.1 Å². The summed E-state index contributed by atoms with van der Waals surface area (Å²) < 4.78 is 13.8. The first-order valence-electron chi connectivity index (χ1n) is 19.2. The van der Waals surface area contributed by atoms with E-state index in [0.29, 0.717) is 25.9 Å². The Labute approximate surface area is 347 Å². The predicted molar refractivity (Wildman–Crippen MR) is 223 cm³/mol. The summed E-state index contributed by atoms with van der Waals surface area (Å²) in [5.41, 5.74) is 8.84. The van der Waals surface area contributed by atoms with Crippen LogP contribution in [-0.2, 0) is 51.5 Å². The number of aliphatic carboxylic acids is 1. The number of hydrogen-bond donors (Lipinski definition) is 5. The Morgan fingerprint density at radius 1 is 0.750 bits per heavy atom. The molecule has 0 aliphatic carbocycles. The van der Waals surface area contributed by atoms with E-state index in [2.05, 4.69) is 37.2 Å². The average Bonchev–Trinajstić information content (AvgIpc) is 3.57. The van der Waals surface area contributed by atoms with Crippen LogP contribution in [0.2, 0.25) is 0 Å². The maximum atomic E-state index is 11.5. The topological polar surface area (TPSA) is 194 Å². The molecule has 0 atom stereocenters. The molecule has 0 spiro atoms. The van der Waals surface area contributed by atoms with Gasteiger partial charge in [0.05, 0.1) is 0 Å². The molecule has 0 bridgehead atoms. The number of alkyl carbamates (subject to hydrolysis) is 1. The number of carbonyl (C=O) groups excluding carboxylic acids is 2. The van der Waals surface area contributed by atoms with Crippen LogP contribution in [0.5, 0.6) is 0 Å². The Bertz CT molecular complexity index is 1600. The van der Waals surface area contributed by atoms with Gasteiger partial charge in [-0.05, 0) is 33.6 Å². The zero-order chi connectivity index (χ0) is 42.0. The summed E-state index contributed by atoms with van der Waals surface area (Å²) in [6, 6.07) is 15.9. The molecule has 14 heteroatoms. The Balaban J connectivity index is 0.000000460. The molecular formula is C42H64N4O8Se2. The summed E-state index contributed by atoms with van der Waals surface area (Å²) in [7, 11) is 0. The number of unbranched alkanes of at least 4 members (excludes halogenated alkanes) is 5. The number of aryl methyl sites for hydroxylation is 1. The Morgan fingerprint density at radius 3 is 1.86 bits per heavy atom. The fourth-order valence-corrected chi connectivity index (χ4v) is 7.27. The van der Waals surface area contributed by atoms with Crippen LogP contribution in [0, 0.1) is 0 Å². The van der Waals surface area contributed by atoms with E-state index in [0.717, 1.165) is 77.9 Å². The average molecular weight is 911 g/mol. The van der Waals surface area contributed by atoms with Crippen LogP contribution >= 0.6 is 0 Å². The molecule has 3 aromatic rings. The fraction of sp³-hybridized carbons (Fsp3) is 0.571. The molecule has 0 saturated carbocycles. The van der Waals surface area contributed by atoms with Gasteiger partial charge in [-0.2, -0.15) is 0 Å². The van der Waals surface area contributed by atoms with Crippen molar-refractivity contribution >= 4 is 52.5 Å². The van der Waals surface area contributed by atoms with Gasteiger partial charge >= 0.3 is 265 Å². The van der Waals surface area contributed by atoms with E-state index in [1.165, 1.54) is 15.7 Å². The minimum absolute atomic E-state index is 0.0655. The Hall–Kier alpha value is -3.22. The number of nitrogens with two attached hydrogens (primary N) is 1. The molecule has 0 radical (unpaired) electrons. The Morgan fingerprint density at radius 2 is 1.29 bits per heavy atom. The van der Waals surface area contributed by atoms with Gasteiger partial charge in [0.2, 0.25) is 0 Å². The number of ether oxygens (including phenoxy) is 2. The van der Waals surface area contributed by atoms with Crippen LogP contribution in [0.3, 0.4) is 0 Å². The maximum absolute atomic E-state index is 11.5. The third-order valence-corrected chi connectivity index (χ3v) is 10.2. The van der Waals surface area contributed by atoms with Gasteiger partial charge in [0.15, 0.2) is 0 Å². The van der Waals surface area contributed by atoms with Crippen LogP contribution in [-0.4, -0.2) is 102 Å². The van der Waals surface area contributed by atoms with Gasteiger partial charge in [-0.25, -0.2) is 0 Å². The molecule has 0 saturated heterocycles. The van der Waals surface area contributed by atoms with Gasteiger partial charge < -0.3 is 9.84 Å². The SMILES string of the molecule is CC(C)(C)OC(=O)CCCCCCC(=O)O.CC(C)(C)OC(=O)NCCCCCc1nnc(Cc2cccc(CO)c2)[se]1.NCC(=[Se])Cc1cccc(CO)c1. The summed E-state index contributed by atoms with van der Waals surface area (Å²) in [6.07, 6.45) is 9.13. The van der Waals surface area contributed by atoms with Crippen molar-refractivity contribution in [2.24, 2.45) is 5.73 Å². The van der Waals surface area contributed by atoms with Crippen molar-refractivity contribution in [2.45, 2.75) is 143 Å². The zero-order valence-corrected chi connectivity index (χ0v) is 37.5. The molecule has 1 heterocycles. The molecule has 312 valence electrons. The predicted octanol–water partition coefficient (Wildman–Crippen LogP) is 5.63. The number of nitrogens with one attached hydrogen (secondary N) is 1. The first kappa shape index (κ1) is 50.8. The third kappa shape index (κ3) is 27.4. The van der Waals surface area contributed by atoms with Crippen molar-refractivity contribution in [1.82, 2.24) is 15.5 Å². The number of amides is 1. The first-order valence-corrected chi connectivity index (χ1v) is 21.8. The molecule has 6 N–H and O–H groups in total. The molecule has 1 aromatic heterocycles. The number of aliphatic hydroxyl groups is 2. The number of nitrogens with zero attached hydrogens (tertiary/aromatic N) is 2. The van der Waals surface area contributed by atoms with E-state index in [1.54, 1.807) is 0 Å². The monoisotopic (exact) mass is 912 g/mol. The van der Waals surface area contributed by atoms with Gasteiger partial charge in [0.1, 0.15) is 5.60 Å². The van der Waals surface area contributed by atoms with E-state index >= 15 is 0 Å². The van der Waals surface area contributed by atoms with Crippen molar-refractivity contribution in [3.05, 3.63) is 79.9 Å². The number of carbonyl (C=O) groups is 3. The van der Waals surface area contributed by atoms with E-state index in [9.17, 15) is 19.5 Å². The van der Waals surface area contributed by atoms with E-state index < -0.39 is 17.2 Å². The normalized spacial score (nSPS) is 11.0. The molecule has 56 heavy (non-hydrogen) atoms. The number of hydrogen-bond acceptors (Lipinski definition) is 10. The number of carboxylic acid groups (broad SMARTS) is 1. The standard InChI is InChI=1S/C20H29N3O3Se.C12H22O4.C10H13NOSe/c1-20(2,3)26-19(25)21-11-6-4-5-10-17-22-23-18(27-17)13-15-8-7-9-16(12-15)14-24;1-12(2,3)16-11(15)9-7-5-4-6-8-10(13)14;11-6-10(13)5-8-2-1-3-9(4-8)7-12/h7-9,12,24H,4-6,10-11,13-14H2,1-3H3,(H,21,25);4-9H2,1-3H3,(H,13,14);1-4,12H,5-7,11H2. The molecule has 1 amide bonds. The molecule has 0 fully saturated rings. The zero-order valence-electron chi connectivity index (χ0n) is 34.1. The molecule has 12 nitrogen and oxygen atoms in total. The van der Waals surface area contributed by atoms with Crippen LogP contribution in [0.15, 0.2) is 48.5 Å². The second-order valence-electron chi connectivity index (χ2n) is 15.3. The molecule has 2 aromatic carbocycles. The number of esters is 1. The number of aliphatic hydroxyl groups excluding tert-OH is 2. The molecule has 0 unspecified atom stereocenters. The second-order valence-corrected chi connectivity index (χ2v) is 18.9. The van der Waals surface area contributed by atoms with Crippen molar-refractivity contribution < 1.29 is 39.2 Å². The van der Waals surface area contributed by atoms with Crippen molar-refractivity contribution in [3.8, 4) is 0 Å². The van der Waals surface area contributed by atoms with Gasteiger partial charge in [0.25, 0.3) is 0 Å².